The zero-order valence-electron chi connectivity index (χ0n) is 19.7. The molecule has 0 aliphatic rings. The summed E-state index contributed by atoms with van der Waals surface area (Å²) in [6.45, 7) is 1.74. The zero-order valence-corrected chi connectivity index (χ0v) is 19.7. The predicted molar refractivity (Wildman–Crippen MR) is 124 cm³/mol. The number of carboxylic acids is 3. The molecule has 38 heavy (non-hydrogen) atoms. The van der Waals surface area contributed by atoms with Crippen molar-refractivity contribution in [3.8, 4) is 5.75 Å². The summed E-state index contributed by atoms with van der Waals surface area (Å²) in [5.74, 6) is -5.03. The Bertz CT molecular complexity index is 1190. The number of furan rings is 1. The first kappa shape index (κ1) is 31.2. The fraction of sp³-hybridized carbons (Fsp3) is 0.261. The fourth-order valence-electron chi connectivity index (χ4n) is 2.56. The highest BCUT2D eigenvalue weighted by Crippen LogP contribution is 2.17. The molecule has 1 atom stereocenters. The predicted octanol–water partition coefficient (Wildman–Crippen LogP) is 2.77. The van der Waals surface area contributed by atoms with Crippen LogP contribution < -0.4 is 15.8 Å². The Morgan fingerprint density at radius 1 is 1.11 bits per heavy atom. The number of ether oxygens (including phenoxy) is 1. The Morgan fingerprint density at radius 2 is 1.68 bits per heavy atom. The van der Waals surface area contributed by atoms with Gasteiger partial charge in [-0.3, -0.25) is 10.2 Å². The molecule has 2 aromatic rings. The number of carboxylic acid groups (broad SMARTS) is 3. The van der Waals surface area contributed by atoms with Crippen LogP contribution in [0.5, 0.6) is 5.75 Å². The van der Waals surface area contributed by atoms with Crippen LogP contribution in [0.15, 0.2) is 52.6 Å². The first-order chi connectivity index (χ1) is 17.6. The zero-order chi connectivity index (χ0) is 29.0. The van der Waals surface area contributed by atoms with Crippen LogP contribution in [-0.4, -0.2) is 57.3 Å². The number of carbonyl (C=O) groups excluding carboxylic acids is 1. The van der Waals surface area contributed by atoms with Gasteiger partial charge >= 0.3 is 30.1 Å². The van der Waals surface area contributed by atoms with Crippen LogP contribution in [0.1, 0.15) is 41.6 Å². The minimum Gasteiger partial charge on any atom is -0.481 e. The van der Waals surface area contributed by atoms with E-state index in [9.17, 15) is 27.6 Å². The summed E-state index contributed by atoms with van der Waals surface area (Å²) in [4.78, 5) is 42.9. The Hall–Kier alpha value is -4.82. The van der Waals surface area contributed by atoms with Crippen LogP contribution in [0.4, 0.5) is 13.2 Å². The summed E-state index contributed by atoms with van der Waals surface area (Å²) in [6, 6.07) is 8.19. The Balaban J connectivity index is 0.000000905. The van der Waals surface area contributed by atoms with E-state index in [1.165, 1.54) is 24.4 Å². The molecule has 15 heteroatoms. The van der Waals surface area contributed by atoms with E-state index in [-0.39, 0.29) is 30.2 Å². The number of rotatable bonds is 11. The van der Waals surface area contributed by atoms with E-state index in [1.807, 2.05) is 0 Å². The lowest BCUT2D eigenvalue weighted by molar-refractivity contribution is -0.192. The summed E-state index contributed by atoms with van der Waals surface area (Å²) in [5.41, 5.74) is 6.60. The second-order valence-electron chi connectivity index (χ2n) is 7.55. The molecule has 2 rings (SSSR count). The molecule has 0 saturated heterocycles. The topological polar surface area (TPSA) is 213 Å². The average molecular weight is 543 g/mol. The van der Waals surface area contributed by atoms with Gasteiger partial charge in [0.1, 0.15) is 23.4 Å². The summed E-state index contributed by atoms with van der Waals surface area (Å²) < 4.78 is 42.4. The van der Waals surface area contributed by atoms with Gasteiger partial charge in [-0.05, 0) is 55.9 Å². The molecule has 1 heterocycles. The van der Waals surface area contributed by atoms with E-state index in [1.54, 1.807) is 25.1 Å². The van der Waals surface area contributed by atoms with Crippen molar-refractivity contribution in [1.82, 2.24) is 5.32 Å². The number of nitrogens with one attached hydrogen (secondary N) is 2. The maximum atomic E-state index is 12.2. The molecule has 0 fully saturated rings. The van der Waals surface area contributed by atoms with E-state index in [2.05, 4.69) is 5.32 Å². The van der Waals surface area contributed by atoms with Crippen molar-refractivity contribution >= 4 is 29.7 Å². The van der Waals surface area contributed by atoms with Crippen molar-refractivity contribution in [2.24, 2.45) is 5.73 Å². The minimum atomic E-state index is -5.08. The molecule has 1 aromatic heterocycles. The van der Waals surface area contributed by atoms with Gasteiger partial charge in [0.25, 0.3) is 0 Å². The number of nitrogens with two attached hydrogens (primary N) is 1. The summed E-state index contributed by atoms with van der Waals surface area (Å²) in [7, 11) is 0. The van der Waals surface area contributed by atoms with Gasteiger partial charge in [-0.25, -0.2) is 14.4 Å². The number of hydrogen-bond acceptors (Lipinski definition) is 8. The lowest BCUT2D eigenvalue weighted by atomic mass is 10.1. The molecular formula is C23H24F3N3O9. The third-order valence-electron chi connectivity index (χ3n) is 4.41. The number of alkyl halides is 3. The van der Waals surface area contributed by atoms with E-state index >= 15 is 0 Å². The highest BCUT2D eigenvalue weighted by atomic mass is 19.4. The lowest BCUT2D eigenvalue weighted by Crippen LogP contribution is -2.33. The molecule has 1 aromatic carbocycles. The van der Waals surface area contributed by atoms with Gasteiger partial charge in [0.2, 0.25) is 5.76 Å². The van der Waals surface area contributed by atoms with E-state index in [4.69, 9.17) is 40.4 Å². The van der Waals surface area contributed by atoms with Crippen LogP contribution >= 0.6 is 0 Å². The summed E-state index contributed by atoms with van der Waals surface area (Å²) in [5, 5.41) is 35.0. The SMILES string of the molecule is C/C(=C\N[C@@H](CCC(=O)O)C(=O)O)Cc1ccc(C(=O)Oc2ccc(C(=N)N)cc2)o1.O=C(O)C(F)(F)F. The van der Waals surface area contributed by atoms with Crippen molar-refractivity contribution in [2.45, 2.75) is 38.4 Å². The van der Waals surface area contributed by atoms with Crippen molar-refractivity contribution in [2.75, 3.05) is 0 Å². The number of halogens is 3. The van der Waals surface area contributed by atoms with Gasteiger partial charge in [-0.2, -0.15) is 13.2 Å². The van der Waals surface area contributed by atoms with Gasteiger partial charge < -0.3 is 35.5 Å². The maximum absolute atomic E-state index is 12.2. The number of aliphatic carboxylic acids is 3. The molecule has 0 amide bonds. The maximum Gasteiger partial charge on any atom is 0.490 e. The monoisotopic (exact) mass is 543 g/mol. The molecule has 0 aliphatic heterocycles. The third-order valence-corrected chi connectivity index (χ3v) is 4.41. The first-order valence-electron chi connectivity index (χ1n) is 10.5. The number of hydrogen-bond donors (Lipinski definition) is 6. The van der Waals surface area contributed by atoms with Crippen molar-refractivity contribution in [3.05, 3.63) is 65.3 Å². The molecule has 0 saturated carbocycles. The smallest absolute Gasteiger partial charge is 0.481 e. The summed E-state index contributed by atoms with van der Waals surface area (Å²) in [6.07, 6.45) is -3.62. The fourth-order valence-corrected chi connectivity index (χ4v) is 2.56. The first-order valence-corrected chi connectivity index (χ1v) is 10.5. The number of benzene rings is 1. The lowest BCUT2D eigenvalue weighted by Gasteiger charge is -2.12. The number of nitrogen functional groups attached to an aromatic ring is 1. The second kappa shape index (κ2) is 14.1. The van der Waals surface area contributed by atoms with Crippen LogP contribution in [0.2, 0.25) is 0 Å². The highest BCUT2D eigenvalue weighted by Gasteiger charge is 2.38. The Labute approximate surface area is 213 Å². The van der Waals surface area contributed by atoms with Gasteiger partial charge in [0.15, 0.2) is 0 Å². The van der Waals surface area contributed by atoms with Crippen LogP contribution in [0, 0.1) is 5.41 Å². The number of carbonyl (C=O) groups is 4. The molecule has 0 unspecified atom stereocenters. The third kappa shape index (κ3) is 11.3. The molecule has 0 spiro atoms. The van der Waals surface area contributed by atoms with Crippen molar-refractivity contribution < 1.29 is 56.8 Å². The minimum absolute atomic E-state index is 0.00345. The van der Waals surface area contributed by atoms with Gasteiger partial charge in [-0.15, -0.1) is 0 Å². The van der Waals surface area contributed by atoms with Gasteiger partial charge in [0.05, 0.1) is 0 Å². The molecule has 0 bridgehead atoms. The second-order valence-corrected chi connectivity index (χ2v) is 7.55. The van der Waals surface area contributed by atoms with E-state index in [0.29, 0.717) is 17.7 Å². The number of esters is 1. The normalized spacial score (nSPS) is 11.9. The van der Waals surface area contributed by atoms with Crippen molar-refractivity contribution in [1.29, 1.82) is 5.41 Å². The molecule has 206 valence electrons. The number of allylic oxidation sites excluding steroid dienone is 1. The van der Waals surface area contributed by atoms with Crippen LogP contribution in [0.3, 0.4) is 0 Å². The van der Waals surface area contributed by atoms with Crippen molar-refractivity contribution in [3.63, 3.8) is 0 Å². The molecule has 0 radical (unpaired) electrons. The Kier molecular flexibility index (Phi) is 11.5. The molecule has 7 N–H and O–H groups in total. The van der Waals surface area contributed by atoms with E-state index < -0.39 is 36.1 Å². The molecular weight excluding hydrogens is 519 g/mol. The standard InChI is InChI=1S/C21H23N3O7.C2HF3O2/c1-12(11-24-16(20(27)28)7-9-18(25)26)10-15-6-8-17(30-15)21(29)31-14-4-2-13(3-5-14)19(22)23;3-2(4,5)1(6)7/h2-6,8,11,16,24H,7,9-10H2,1H3,(H3,22,23)(H,25,26)(H,27,28);(H,6,7)/b12-11+;/t16-;/m0./s1. The van der Waals surface area contributed by atoms with Crippen LogP contribution in [0.25, 0.3) is 0 Å². The Morgan fingerprint density at radius 3 is 2.16 bits per heavy atom. The largest absolute Gasteiger partial charge is 0.490 e. The van der Waals surface area contributed by atoms with E-state index in [0.717, 1.165) is 5.57 Å². The average Bonchev–Trinajstić information content (AvgIpc) is 3.27. The molecule has 12 nitrogen and oxygen atoms in total. The van der Waals surface area contributed by atoms with Crippen LogP contribution in [-0.2, 0) is 20.8 Å². The summed E-state index contributed by atoms with van der Waals surface area (Å²) >= 11 is 0. The quantitative estimate of drug-likeness (QED) is 0.105. The van der Waals surface area contributed by atoms with Gasteiger partial charge in [0, 0.05) is 18.4 Å². The number of amidine groups is 1. The van der Waals surface area contributed by atoms with Gasteiger partial charge in [-0.1, -0.05) is 5.57 Å². The molecule has 0 aliphatic carbocycles. The highest BCUT2D eigenvalue weighted by molar-refractivity contribution is 5.95.